The van der Waals surface area contributed by atoms with Crippen molar-refractivity contribution in [3.8, 4) is 11.5 Å². The highest BCUT2D eigenvalue weighted by atomic mass is 35.5. The van der Waals surface area contributed by atoms with E-state index in [2.05, 4.69) is 15.5 Å². The van der Waals surface area contributed by atoms with Gasteiger partial charge < -0.3 is 14.8 Å². The van der Waals surface area contributed by atoms with Crippen LogP contribution in [0.5, 0.6) is 11.5 Å². The maximum Gasteiger partial charge on any atom is 0.276 e. The van der Waals surface area contributed by atoms with E-state index in [1.807, 2.05) is 6.92 Å². The summed E-state index contributed by atoms with van der Waals surface area (Å²) in [5, 5.41) is 10.3. The molecule has 6 nitrogen and oxygen atoms in total. The average Bonchev–Trinajstić information content (AvgIpc) is 2.48. The Balaban J connectivity index is 2.17. The highest BCUT2D eigenvalue weighted by Crippen LogP contribution is 2.30. The first-order valence-electron chi connectivity index (χ1n) is 6.25. The van der Waals surface area contributed by atoms with Gasteiger partial charge in [0.25, 0.3) is 5.91 Å². The predicted molar refractivity (Wildman–Crippen MR) is 79.2 cm³/mol. The molecule has 0 spiro atoms. The van der Waals surface area contributed by atoms with Gasteiger partial charge in [0, 0.05) is 11.8 Å². The third-order valence-corrected chi connectivity index (χ3v) is 2.79. The fourth-order valence-corrected chi connectivity index (χ4v) is 1.76. The lowest BCUT2D eigenvalue weighted by Crippen LogP contribution is -2.14. The number of nitrogens with one attached hydrogen (secondary N) is 1. The molecule has 1 N–H and O–H groups in total. The second-order valence-corrected chi connectivity index (χ2v) is 4.38. The Bertz CT molecular complexity index is 632. The molecule has 1 amide bonds. The van der Waals surface area contributed by atoms with Crippen molar-refractivity contribution in [1.29, 1.82) is 0 Å². The van der Waals surface area contributed by atoms with Crippen LogP contribution in [0.4, 0.5) is 5.69 Å². The molecule has 1 aromatic heterocycles. The van der Waals surface area contributed by atoms with E-state index in [-0.39, 0.29) is 16.8 Å². The molecule has 0 radical (unpaired) electrons. The van der Waals surface area contributed by atoms with Gasteiger partial charge in [-0.05, 0) is 31.2 Å². The van der Waals surface area contributed by atoms with Crippen molar-refractivity contribution < 1.29 is 14.3 Å². The zero-order chi connectivity index (χ0) is 15.2. The topological polar surface area (TPSA) is 73.3 Å². The summed E-state index contributed by atoms with van der Waals surface area (Å²) in [5.74, 6) is 0.771. The fraction of sp³-hybridized carbons (Fsp3) is 0.214. The SMILES string of the molecule is CCOc1cc(NC(=O)c2ccc(Cl)nn2)ccc1OC. The number of hydrogen-bond acceptors (Lipinski definition) is 5. The molecule has 2 aromatic rings. The van der Waals surface area contributed by atoms with Gasteiger partial charge in [0.2, 0.25) is 0 Å². The summed E-state index contributed by atoms with van der Waals surface area (Å²) in [5.41, 5.74) is 0.745. The Kier molecular flexibility index (Phi) is 4.94. The Labute approximate surface area is 127 Å². The van der Waals surface area contributed by atoms with E-state index in [1.165, 1.54) is 12.1 Å². The molecule has 1 aromatic carbocycles. The van der Waals surface area contributed by atoms with E-state index in [0.29, 0.717) is 23.8 Å². The Hall–Kier alpha value is -2.34. The van der Waals surface area contributed by atoms with Crippen molar-refractivity contribution in [3.05, 3.63) is 41.2 Å². The van der Waals surface area contributed by atoms with Crippen LogP contribution in [0.15, 0.2) is 30.3 Å². The zero-order valence-corrected chi connectivity index (χ0v) is 12.3. The number of rotatable bonds is 5. The number of halogens is 1. The number of hydrogen-bond donors (Lipinski definition) is 1. The average molecular weight is 308 g/mol. The fourth-order valence-electron chi connectivity index (χ4n) is 1.65. The Morgan fingerprint density at radius 3 is 2.67 bits per heavy atom. The van der Waals surface area contributed by atoms with E-state index < -0.39 is 0 Å². The summed E-state index contributed by atoms with van der Waals surface area (Å²) in [6.07, 6.45) is 0. The van der Waals surface area contributed by atoms with Crippen LogP contribution >= 0.6 is 11.6 Å². The smallest absolute Gasteiger partial charge is 0.276 e. The molecule has 21 heavy (non-hydrogen) atoms. The van der Waals surface area contributed by atoms with Crippen LogP contribution in [-0.2, 0) is 0 Å². The second-order valence-electron chi connectivity index (χ2n) is 3.99. The van der Waals surface area contributed by atoms with Crippen LogP contribution in [0.1, 0.15) is 17.4 Å². The lowest BCUT2D eigenvalue weighted by atomic mass is 10.2. The Morgan fingerprint density at radius 2 is 2.05 bits per heavy atom. The van der Waals surface area contributed by atoms with Gasteiger partial charge in [-0.15, -0.1) is 10.2 Å². The molecule has 0 saturated heterocycles. The minimum absolute atomic E-state index is 0.174. The summed E-state index contributed by atoms with van der Waals surface area (Å²) in [6, 6.07) is 8.11. The number of carbonyl (C=O) groups is 1. The lowest BCUT2D eigenvalue weighted by molar-refractivity contribution is 0.102. The molecule has 0 fully saturated rings. The number of carbonyl (C=O) groups excluding carboxylic acids is 1. The van der Waals surface area contributed by atoms with Gasteiger partial charge in [-0.3, -0.25) is 4.79 Å². The molecule has 7 heteroatoms. The van der Waals surface area contributed by atoms with E-state index in [0.717, 1.165) is 0 Å². The van der Waals surface area contributed by atoms with Crippen LogP contribution in [0, 0.1) is 0 Å². The van der Waals surface area contributed by atoms with Gasteiger partial charge in [0.15, 0.2) is 22.3 Å². The normalized spacial score (nSPS) is 10.0. The number of ether oxygens (including phenoxy) is 2. The minimum Gasteiger partial charge on any atom is -0.493 e. The van der Waals surface area contributed by atoms with Crippen molar-refractivity contribution in [2.24, 2.45) is 0 Å². The maximum absolute atomic E-state index is 12.0. The number of aromatic nitrogens is 2. The number of anilines is 1. The highest BCUT2D eigenvalue weighted by Gasteiger charge is 2.11. The molecule has 0 unspecified atom stereocenters. The Morgan fingerprint density at radius 1 is 1.24 bits per heavy atom. The van der Waals surface area contributed by atoms with Crippen molar-refractivity contribution >= 4 is 23.2 Å². The third kappa shape index (κ3) is 3.82. The van der Waals surface area contributed by atoms with Gasteiger partial charge in [0.1, 0.15) is 0 Å². The highest BCUT2D eigenvalue weighted by molar-refractivity contribution is 6.29. The van der Waals surface area contributed by atoms with Crippen LogP contribution in [0.2, 0.25) is 5.15 Å². The molecule has 2 rings (SSSR count). The van der Waals surface area contributed by atoms with Crippen LogP contribution in [0.3, 0.4) is 0 Å². The summed E-state index contributed by atoms with van der Waals surface area (Å²) in [7, 11) is 1.55. The standard InChI is InChI=1S/C14H14ClN3O3/c1-3-21-12-8-9(4-6-11(12)20-2)16-14(19)10-5-7-13(15)18-17-10/h4-8H,3H2,1-2H3,(H,16,19). The molecule has 0 aliphatic rings. The van der Waals surface area contributed by atoms with Crippen molar-refractivity contribution in [1.82, 2.24) is 10.2 Å². The third-order valence-electron chi connectivity index (χ3n) is 2.59. The summed E-state index contributed by atoms with van der Waals surface area (Å²) >= 11 is 5.63. The number of amides is 1. The molecule has 110 valence electrons. The number of methoxy groups -OCH3 is 1. The van der Waals surface area contributed by atoms with Crippen molar-refractivity contribution in [2.45, 2.75) is 6.92 Å². The first-order chi connectivity index (χ1) is 10.1. The van der Waals surface area contributed by atoms with Gasteiger partial charge in [0.05, 0.1) is 13.7 Å². The van der Waals surface area contributed by atoms with E-state index in [9.17, 15) is 4.79 Å². The largest absolute Gasteiger partial charge is 0.493 e. The molecule has 0 aliphatic heterocycles. The number of nitrogens with zero attached hydrogens (tertiary/aromatic N) is 2. The summed E-state index contributed by atoms with van der Waals surface area (Å²) in [6.45, 7) is 2.37. The summed E-state index contributed by atoms with van der Waals surface area (Å²) in [4.78, 5) is 12.0. The lowest BCUT2D eigenvalue weighted by Gasteiger charge is -2.11. The minimum atomic E-state index is -0.383. The number of benzene rings is 1. The molecule has 0 saturated carbocycles. The van der Waals surface area contributed by atoms with Gasteiger partial charge in [-0.2, -0.15) is 0 Å². The van der Waals surface area contributed by atoms with E-state index in [1.54, 1.807) is 25.3 Å². The molecule has 1 heterocycles. The van der Waals surface area contributed by atoms with Crippen LogP contribution < -0.4 is 14.8 Å². The van der Waals surface area contributed by atoms with E-state index in [4.69, 9.17) is 21.1 Å². The monoisotopic (exact) mass is 307 g/mol. The molecule has 0 aliphatic carbocycles. The quantitative estimate of drug-likeness (QED) is 0.919. The van der Waals surface area contributed by atoms with Crippen LogP contribution in [0.25, 0.3) is 0 Å². The molecule has 0 bridgehead atoms. The zero-order valence-electron chi connectivity index (χ0n) is 11.6. The summed E-state index contributed by atoms with van der Waals surface area (Å²) < 4.78 is 10.6. The second kappa shape index (κ2) is 6.90. The maximum atomic E-state index is 12.0. The first kappa shape index (κ1) is 15.1. The van der Waals surface area contributed by atoms with Gasteiger partial charge in [-0.1, -0.05) is 11.6 Å². The van der Waals surface area contributed by atoms with Gasteiger partial charge in [-0.25, -0.2) is 0 Å². The molecule has 0 atom stereocenters. The van der Waals surface area contributed by atoms with Crippen molar-refractivity contribution in [3.63, 3.8) is 0 Å². The first-order valence-corrected chi connectivity index (χ1v) is 6.63. The van der Waals surface area contributed by atoms with Crippen LogP contribution in [-0.4, -0.2) is 29.8 Å². The molecular formula is C14H14ClN3O3. The van der Waals surface area contributed by atoms with E-state index >= 15 is 0 Å². The predicted octanol–water partition coefficient (Wildman–Crippen LogP) is 2.79. The van der Waals surface area contributed by atoms with Gasteiger partial charge >= 0.3 is 0 Å². The molecular weight excluding hydrogens is 294 g/mol. The van der Waals surface area contributed by atoms with Crippen molar-refractivity contribution in [2.75, 3.05) is 19.0 Å².